The average molecular weight is 275 g/mol. The van der Waals surface area contributed by atoms with Crippen molar-refractivity contribution in [1.82, 2.24) is 0 Å². The molecule has 0 bridgehead atoms. The van der Waals surface area contributed by atoms with Crippen LogP contribution >= 0.6 is 7.82 Å². The molecule has 1 aliphatic heterocycles. The summed E-state index contributed by atoms with van der Waals surface area (Å²) >= 11 is 0. The minimum Gasteiger partial charge on any atom is -0.389 e. The highest BCUT2D eigenvalue weighted by Crippen LogP contribution is 2.36. The summed E-state index contributed by atoms with van der Waals surface area (Å²) in [6, 6.07) is -1.11. The van der Waals surface area contributed by atoms with Gasteiger partial charge in [0, 0.05) is 0 Å². The number of hydrogen-bond acceptors (Lipinski definition) is 6. The lowest BCUT2D eigenvalue weighted by molar-refractivity contribution is -0.190. The monoisotopic (exact) mass is 275 g/mol. The van der Waals surface area contributed by atoms with Gasteiger partial charge in [0.15, 0.2) is 0 Å². The van der Waals surface area contributed by atoms with Crippen LogP contribution in [0.15, 0.2) is 0 Å². The largest absolute Gasteiger partial charge is 0.469 e. The Balaban J connectivity index is 2.62. The fourth-order valence-corrected chi connectivity index (χ4v) is 1.85. The number of phosphoric acid groups is 1. The van der Waals surface area contributed by atoms with Crippen molar-refractivity contribution in [2.75, 3.05) is 13.3 Å². The molecular formula is C7H15FNO7P. The first-order chi connectivity index (χ1) is 7.76. The van der Waals surface area contributed by atoms with Crippen molar-refractivity contribution in [2.45, 2.75) is 30.5 Å². The topological polar surface area (TPSA) is 142 Å². The maximum absolute atomic E-state index is 12.5. The van der Waals surface area contributed by atoms with Gasteiger partial charge in [0.1, 0.15) is 31.1 Å². The highest BCUT2D eigenvalue weighted by molar-refractivity contribution is 7.46. The molecule has 0 aromatic carbocycles. The molecule has 10 heteroatoms. The molecule has 1 heterocycles. The van der Waals surface area contributed by atoms with Crippen LogP contribution in [0.3, 0.4) is 0 Å². The van der Waals surface area contributed by atoms with E-state index in [2.05, 4.69) is 4.52 Å². The van der Waals surface area contributed by atoms with E-state index in [0.717, 1.165) is 0 Å². The first kappa shape index (κ1) is 14.9. The van der Waals surface area contributed by atoms with Crippen molar-refractivity contribution in [3.05, 3.63) is 0 Å². The van der Waals surface area contributed by atoms with Crippen molar-refractivity contribution >= 4 is 7.82 Å². The van der Waals surface area contributed by atoms with Crippen LogP contribution in [0.1, 0.15) is 0 Å². The Bertz CT molecular complexity index is 298. The van der Waals surface area contributed by atoms with Gasteiger partial charge >= 0.3 is 7.82 Å². The Morgan fingerprint density at radius 2 is 1.88 bits per heavy atom. The fourth-order valence-electron chi connectivity index (χ4n) is 1.51. The van der Waals surface area contributed by atoms with E-state index in [1.165, 1.54) is 0 Å². The maximum atomic E-state index is 12.5. The molecule has 0 aromatic rings. The predicted octanol–water partition coefficient (Wildman–Crippen LogP) is -2.12. The molecule has 1 saturated heterocycles. The van der Waals surface area contributed by atoms with E-state index in [-0.39, 0.29) is 0 Å². The van der Waals surface area contributed by atoms with Gasteiger partial charge in [-0.25, -0.2) is 8.96 Å². The summed E-state index contributed by atoms with van der Waals surface area (Å²) in [7, 11) is -4.72. The van der Waals surface area contributed by atoms with E-state index in [9.17, 15) is 19.2 Å². The summed E-state index contributed by atoms with van der Waals surface area (Å²) in [6.07, 6.45) is -5.36. The van der Waals surface area contributed by atoms with Crippen LogP contribution in [0, 0.1) is 0 Å². The minimum atomic E-state index is -4.72. The molecule has 0 spiro atoms. The number of aliphatic hydroxyl groups is 2. The highest BCUT2D eigenvalue weighted by Gasteiger charge is 2.43. The first-order valence-electron chi connectivity index (χ1n) is 4.79. The standard InChI is InChI=1S/C7H15FNO7P/c8-1-3-5(9)7(11)6(10)4(16-3)2-15-17(12,13)14/h3-7,10-11H,1-2,9H2,(H2,12,13,14)/t3?,4-,5+,6-,7-/m1/s1. The number of phosphoric ester groups is 1. The number of alkyl halides is 1. The van der Waals surface area contributed by atoms with Crippen LogP contribution in [0.5, 0.6) is 0 Å². The molecule has 0 aliphatic carbocycles. The fraction of sp³-hybridized carbons (Fsp3) is 1.00. The van der Waals surface area contributed by atoms with Gasteiger partial charge in [0.2, 0.25) is 0 Å². The van der Waals surface area contributed by atoms with E-state index in [0.29, 0.717) is 0 Å². The SMILES string of the molecule is N[C@H]1C(CF)O[C@H](COP(=O)(O)O)[C@@H](O)[C@@H]1O. The molecule has 5 atom stereocenters. The lowest BCUT2D eigenvalue weighted by atomic mass is 9.94. The third-order valence-corrected chi connectivity index (χ3v) is 2.95. The second-order valence-corrected chi connectivity index (χ2v) is 4.95. The van der Waals surface area contributed by atoms with Gasteiger partial charge < -0.3 is 30.5 Å². The first-order valence-corrected chi connectivity index (χ1v) is 6.32. The van der Waals surface area contributed by atoms with E-state index < -0.39 is 51.6 Å². The van der Waals surface area contributed by atoms with Crippen LogP contribution < -0.4 is 5.73 Å². The molecule has 1 fully saturated rings. The van der Waals surface area contributed by atoms with Crippen LogP contribution in [-0.2, 0) is 13.8 Å². The smallest absolute Gasteiger partial charge is 0.389 e. The van der Waals surface area contributed by atoms with Crippen LogP contribution in [0.2, 0.25) is 0 Å². The number of aliphatic hydroxyl groups excluding tert-OH is 2. The molecule has 0 radical (unpaired) electrons. The number of halogens is 1. The van der Waals surface area contributed by atoms with Gasteiger partial charge in [-0.05, 0) is 0 Å². The Labute approximate surface area is 96.4 Å². The van der Waals surface area contributed by atoms with Crippen molar-refractivity contribution in [3.63, 3.8) is 0 Å². The Hall–Kier alpha value is -0.120. The van der Waals surface area contributed by atoms with Crippen molar-refractivity contribution in [1.29, 1.82) is 0 Å². The van der Waals surface area contributed by atoms with Crippen molar-refractivity contribution in [2.24, 2.45) is 5.73 Å². The van der Waals surface area contributed by atoms with E-state index in [4.69, 9.17) is 20.3 Å². The zero-order valence-corrected chi connectivity index (χ0v) is 9.61. The molecule has 0 aromatic heterocycles. The quantitative estimate of drug-likeness (QED) is 0.366. The number of nitrogens with two attached hydrogens (primary N) is 1. The van der Waals surface area contributed by atoms with Gasteiger partial charge in [0.05, 0.1) is 12.6 Å². The summed E-state index contributed by atoms with van der Waals surface area (Å²) in [6.45, 7) is -1.66. The molecule has 1 rings (SSSR count). The molecule has 1 aliphatic rings. The Morgan fingerprint density at radius 3 is 2.35 bits per heavy atom. The van der Waals surface area contributed by atoms with Gasteiger partial charge in [-0.15, -0.1) is 0 Å². The molecule has 17 heavy (non-hydrogen) atoms. The van der Waals surface area contributed by atoms with Crippen LogP contribution in [0.25, 0.3) is 0 Å². The van der Waals surface area contributed by atoms with Crippen LogP contribution in [0.4, 0.5) is 4.39 Å². The second kappa shape index (κ2) is 5.68. The summed E-state index contributed by atoms with van der Waals surface area (Å²) in [5, 5.41) is 19.0. The van der Waals surface area contributed by atoms with Gasteiger partial charge in [-0.3, -0.25) is 4.52 Å². The third kappa shape index (κ3) is 3.94. The number of rotatable bonds is 4. The highest BCUT2D eigenvalue weighted by atomic mass is 31.2. The lowest BCUT2D eigenvalue weighted by Crippen LogP contribution is -2.62. The zero-order chi connectivity index (χ0) is 13.2. The molecule has 1 unspecified atom stereocenters. The second-order valence-electron chi connectivity index (χ2n) is 3.71. The predicted molar refractivity (Wildman–Crippen MR) is 52.6 cm³/mol. The summed E-state index contributed by atoms with van der Waals surface area (Å²) in [5.41, 5.74) is 5.40. The van der Waals surface area contributed by atoms with Crippen LogP contribution in [-0.4, -0.2) is 63.7 Å². The van der Waals surface area contributed by atoms with Crippen molar-refractivity contribution in [3.8, 4) is 0 Å². The zero-order valence-electron chi connectivity index (χ0n) is 8.72. The molecule has 102 valence electrons. The third-order valence-electron chi connectivity index (χ3n) is 2.46. The average Bonchev–Trinajstić information content (AvgIpc) is 2.24. The van der Waals surface area contributed by atoms with Gasteiger partial charge in [0.25, 0.3) is 0 Å². The number of hydrogen-bond donors (Lipinski definition) is 5. The summed E-state index contributed by atoms with van der Waals surface area (Å²) in [5.74, 6) is 0. The van der Waals surface area contributed by atoms with E-state index >= 15 is 0 Å². The Morgan fingerprint density at radius 1 is 1.29 bits per heavy atom. The minimum absolute atomic E-state index is 0.675. The normalized spacial score (nSPS) is 39.3. The van der Waals surface area contributed by atoms with Crippen molar-refractivity contribution < 1.29 is 38.2 Å². The molecule has 0 saturated carbocycles. The molecular weight excluding hydrogens is 260 g/mol. The maximum Gasteiger partial charge on any atom is 0.469 e. The lowest BCUT2D eigenvalue weighted by Gasteiger charge is -2.40. The molecule has 8 nitrogen and oxygen atoms in total. The van der Waals surface area contributed by atoms with Gasteiger partial charge in [-0.1, -0.05) is 0 Å². The van der Waals surface area contributed by atoms with E-state index in [1.54, 1.807) is 0 Å². The number of ether oxygens (including phenoxy) is 1. The van der Waals surface area contributed by atoms with E-state index in [1.807, 2.05) is 0 Å². The molecule has 0 amide bonds. The summed E-state index contributed by atoms with van der Waals surface area (Å²) in [4.78, 5) is 16.9. The Kier molecular flexibility index (Phi) is 4.99. The molecule has 6 N–H and O–H groups in total. The summed E-state index contributed by atoms with van der Waals surface area (Å²) < 4.78 is 32.0. The van der Waals surface area contributed by atoms with Gasteiger partial charge in [-0.2, -0.15) is 0 Å².